The minimum absolute atomic E-state index is 0. The summed E-state index contributed by atoms with van der Waals surface area (Å²) < 4.78 is 4.81. The molecule has 0 spiro atoms. The summed E-state index contributed by atoms with van der Waals surface area (Å²) in [5.41, 5.74) is 0.232. The van der Waals surface area contributed by atoms with Crippen molar-refractivity contribution in [2.75, 3.05) is 32.1 Å². The molecular formula is C12H21IN4O2S. The van der Waals surface area contributed by atoms with Gasteiger partial charge in [-0.3, -0.25) is 4.99 Å². The van der Waals surface area contributed by atoms with Crippen molar-refractivity contribution in [3.8, 4) is 0 Å². The van der Waals surface area contributed by atoms with Crippen LogP contribution < -0.4 is 5.32 Å². The van der Waals surface area contributed by atoms with Crippen molar-refractivity contribution in [3.05, 3.63) is 18.0 Å². The molecule has 0 amide bonds. The molecule has 1 aromatic rings. The first-order valence-electron chi connectivity index (χ1n) is 6.24. The Morgan fingerprint density at radius 3 is 3.05 bits per heavy atom. The molecule has 8 heteroatoms. The Morgan fingerprint density at radius 1 is 1.70 bits per heavy atom. The minimum atomic E-state index is -0.616. The van der Waals surface area contributed by atoms with Gasteiger partial charge in [-0.25, -0.2) is 0 Å². The number of guanidine groups is 1. The molecule has 0 radical (unpaired) electrons. The van der Waals surface area contributed by atoms with Crippen LogP contribution in [0.4, 0.5) is 0 Å². The quantitative estimate of drug-likeness (QED) is 0.440. The highest BCUT2D eigenvalue weighted by Gasteiger charge is 2.31. The number of nitrogens with one attached hydrogen (secondary N) is 1. The standard InChI is InChI=1S/C12H20N4O2S.HI/c1-13-11(14-8-12(17)4-6-19-9-12)16(2)7-10-3-5-18-15-10;/h3,5,17H,4,6-9H2,1-2H3,(H,13,14);1H. The average Bonchev–Trinajstić information content (AvgIpc) is 3.02. The summed E-state index contributed by atoms with van der Waals surface area (Å²) in [5, 5.41) is 17.4. The third-order valence-electron chi connectivity index (χ3n) is 3.12. The van der Waals surface area contributed by atoms with Crippen LogP contribution in [0.1, 0.15) is 12.1 Å². The Labute approximate surface area is 140 Å². The van der Waals surface area contributed by atoms with E-state index in [9.17, 15) is 5.11 Å². The first-order chi connectivity index (χ1) is 9.13. The van der Waals surface area contributed by atoms with E-state index in [1.807, 2.05) is 18.0 Å². The largest absolute Gasteiger partial charge is 0.387 e. The zero-order valence-corrected chi connectivity index (χ0v) is 14.9. The van der Waals surface area contributed by atoms with Crippen molar-refractivity contribution < 1.29 is 9.63 Å². The van der Waals surface area contributed by atoms with Crippen molar-refractivity contribution >= 4 is 41.7 Å². The van der Waals surface area contributed by atoms with E-state index < -0.39 is 5.60 Å². The number of hydrogen-bond donors (Lipinski definition) is 2. The third kappa shape index (κ3) is 4.81. The van der Waals surface area contributed by atoms with Crippen LogP contribution in [-0.4, -0.2) is 58.9 Å². The van der Waals surface area contributed by atoms with E-state index in [0.717, 1.165) is 29.6 Å². The van der Waals surface area contributed by atoms with Gasteiger partial charge in [-0.2, -0.15) is 11.8 Å². The van der Waals surface area contributed by atoms with Crippen molar-refractivity contribution in [1.29, 1.82) is 0 Å². The first kappa shape index (κ1) is 17.6. The number of aromatic nitrogens is 1. The lowest BCUT2D eigenvalue weighted by Gasteiger charge is -2.26. The monoisotopic (exact) mass is 412 g/mol. The molecule has 0 aliphatic carbocycles. The maximum Gasteiger partial charge on any atom is 0.193 e. The van der Waals surface area contributed by atoms with Crippen molar-refractivity contribution in [2.24, 2.45) is 4.99 Å². The van der Waals surface area contributed by atoms with Crippen LogP contribution in [0.3, 0.4) is 0 Å². The fraction of sp³-hybridized carbons (Fsp3) is 0.667. The maximum absolute atomic E-state index is 10.3. The molecule has 0 aromatic carbocycles. The normalized spacial score (nSPS) is 22.4. The second kappa shape index (κ2) is 8.08. The number of rotatable bonds is 4. The van der Waals surface area contributed by atoms with Gasteiger partial charge in [-0.15, -0.1) is 24.0 Å². The molecule has 1 atom stereocenters. The van der Waals surface area contributed by atoms with Gasteiger partial charge in [0.25, 0.3) is 0 Å². The van der Waals surface area contributed by atoms with Crippen LogP contribution in [-0.2, 0) is 6.54 Å². The second-order valence-electron chi connectivity index (χ2n) is 4.77. The Balaban J connectivity index is 0.00000200. The van der Waals surface area contributed by atoms with Gasteiger partial charge in [0, 0.05) is 32.5 Å². The van der Waals surface area contributed by atoms with E-state index in [1.54, 1.807) is 25.1 Å². The molecule has 2 N–H and O–H groups in total. The van der Waals surface area contributed by atoms with Gasteiger partial charge in [0.15, 0.2) is 5.96 Å². The van der Waals surface area contributed by atoms with Crippen LogP contribution >= 0.6 is 35.7 Å². The van der Waals surface area contributed by atoms with Crippen LogP contribution in [0.5, 0.6) is 0 Å². The van der Waals surface area contributed by atoms with Crippen LogP contribution in [0.2, 0.25) is 0 Å². The van der Waals surface area contributed by atoms with Gasteiger partial charge in [-0.05, 0) is 12.2 Å². The van der Waals surface area contributed by atoms with E-state index in [4.69, 9.17) is 4.52 Å². The lowest BCUT2D eigenvalue weighted by atomic mass is 10.0. The summed E-state index contributed by atoms with van der Waals surface area (Å²) in [7, 11) is 3.66. The summed E-state index contributed by atoms with van der Waals surface area (Å²) in [6.45, 7) is 1.14. The van der Waals surface area contributed by atoms with Gasteiger partial charge in [0.2, 0.25) is 0 Å². The average molecular weight is 412 g/mol. The van der Waals surface area contributed by atoms with E-state index in [2.05, 4.69) is 15.5 Å². The Hall–Kier alpha value is -0.480. The van der Waals surface area contributed by atoms with E-state index in [-0.39, 0.29) is 24.0 Å². The highest BCUT2D eigenvalue weighted by atomic mass is 127. The molecule has 1 saturated heterocycles. The predicted octanol–water partition coefficient (Wildman–Crippen LogP) is 1.17. The summed E-state index contributed by atoms with van der Waals surface area (Å²) >= 11 is 1.79. The molecule has 114 valence electrons. The number of nitrogens with zero attached hydrogens (tertiary/aromatic N) is 3. The van der Waals surface area contributed by atoms with Crippen LogP contribution in [0.15, 0.2) is 21.8 Å². The lowest BCUT2D eigenvalue weighted by molar-refractivity contribution is 0.0718. The van der Waals surface area contributed by atoms with Crippen molar-refractivity contribution in [2.45, 2.75) is 18.6 Å². The number of aliphatic imine (C=N–C) groups is 1. The highest BCUT2D eigenvalue weighted by Crippen LogP contribution is 2.26. The molecule has 1 aliphatic rings. The molecule has 6 nitrogen and oxygen atoms in total. The first-order valence-corrected chi connectivity index (χ1v) is 7.40. The molecule has 1 aromatic heterocycles. The summed E-state index contributed by atoms with van der Waals surface area (Å²) in [5.74, 6) is 2.54. The lowest BCUT2D eigenvalue weighted by Crippen LogP contribution is -2.47. The Morgan fingerprint density at radius 2 is 2.50 bits per heavy atom. The Bertz CT molecular complexity index is 421. The minimum Gasteiger partial charge on any atom is -0.387 e. The van der Waals surface area contributed by atoms with Crippen molar-refractivity contribution in [1.82, 2.24) is 15.4 Å². The third-order valence-corrected chi connectivity index (χ3v) is 4.36. The predicted molar refractivity (Wildman–Crippen MR) is 91.6 cm³/mol. The number of aliphatic hydroxyl groups is 1. The van der Waals surface area contributed by atoms with Crippen LogP contribution in [0.25, 0.3) is 0 Å². The van der Waals surface area contributed by atoms with Crippen molar-refractivity contribution in [3.63, 3.8) is 0 Å². The fourth-order valence-corrected chi connectivity index (χ4v) is 3.30. The van der Waals surface area contributed by atoms with Gasteiger partial charge in [0.1, 0.15) is 12.0 Å². The number of thioether (sulfide) groups is 1. The number of halogens is 1. The summed E-state index contributed by atoms with van der Waals surface area (Å²) in [6, 6.07) is 1.82. The molecule has 1 unspecified atom stereocenters. The SMILES string of the molecule is CN=C(NCC1(O)CCSC1)N(C)Cc1ccon1.I. The topological polar surface area (TPSA) is 73.9 Å². The fourth-order valence-electron chi connectivity index (χ4n) is 2.00. The maximum atomic E-state index is 10.3. The summed E-state index contributed by atoms with van der Waals surface area (Å²) in [6.07, 6.45) is 2.38. The summed E-state index contributed by atoms with van der Waals surface area (Å²) in [4.78, 5) is 6.16. The molecule has 1 fully saturated rings. The Kier molecular flexibility index (Phi) is 7.10. The molecule has 0 saturated carbocycles. The van der Waals surface area contributed by atoms with Gasteiger partial charge in [-0.1, -0.05) is 5.16 Å². The van der Waals surface area contributed by atoms with Gasteiger partial charge in [0.05, 0.1) is 12.1 Å². The molecular weight excluding hydrogens is 391 g/mol. The second-order valence-corrected chi connectivity index (χ2v) is 5.88. The molecule has 0 bridgehead atoms. The smallest absolute Gasteiger partial charge is 0.193 e. The molecule has 20 heavy (non-hydrogen) atoms. The number of hydrogen-bond acceptors (Lipinski definition) is 5. The van der Waals surface area contributed by atoms with E-state index in [0.29, 0.717) is 13.1 Å². The highest BCUT2D eigenvalue weighted by molar-refractivity contribution is 14.0. The molecule has 2 heterocycles. The zero-order chi connectivity index (χ0) is 13.7. The van der Waals surface area contributed by atoms with Gasteiger partial charge < -0.3 is 19.8 Å². The zero-order valence-electron chi connectivity index (χ0n) is 11.7. The van der Waals surface area contributed by atoms with E-state index >= 15 is 0 Å². The molecule has 1 aliphatic heterocycles. The van der Waals surface area contributed by atoms with Gasteiger partial charge >= 0.3 is 0 Å². The van der Waals surface area contributed by atoms with Crippen LogP contribution in [0, 0.1) is 0 Å². The van der Waals surface area contributed by atoms with E-state index in [1.165, 1.54) is 0 Å². The molecule has 2 rings (SSSR count).